The van der Waals surface area contributed by atoms with Crippen molar-refractivity contribution in [1.82, 2.24) is 14.5 Å². The van der Waals surface area contributed by atoms with Crippen molar-refractivity contribution in [2.45, 2.75) is 25.2 Å². The summed E-state index contributed by atoms with van der Waals surface area (Å²) >= 11 is 0. The molecule has 0 aromatic heterocycles. The Morgan fingerprint density at radius 3 is 2.45 bits per heavy atom. The van der Waals surface area contributed by atoms with Crippen LogP contribution in [0.5, 0.6) is 0 Å². The predicted octanol–water partition coefficient (Wildman–Crippen LogP) is 1.22. The van der Waals surface area contributed by atoms with Crippen molar-refractivity contribution in [2.75, 3.05) is 46.3 Å². The molecule has 0 radical (unpaired) electrons. The maximum atomic E-state index is 12.3. The molecule has 2 rings (SSSR count). The molecule has 1 aliphatic heterocycles. The van der Waals surface area contributed by atoms with Crippen LogP contribution < -0.4 is 4.72 Å². The standard InChI is InChI=1S/C16H27N3O2S/c1-14-5-6-16(15(2)13-14)22(20,21)17-7-4-8-19-11-9-18(3)10-12-19/h5-6,13,17H,4,7-12H2,1-3H3. The van der Waals surface area contributed by atoms with Gasteiger partial charge in [0.25, 0.3) is 0 Å². The number of nitrogens with zero attached hydrogens (tertiary/aromatic N) is 2. The van der Waals surface area contributed by atoms with Gasteiger partial charge < -0.3 is 9.80 Å². The van der Waals surface area contributed by atoms with Crippen molar-refractivity contribution in [2.24, 2.45) is 0 Å². The summed E-state index contributed by atoms with van der Waals surface area (Å²) in [5.74, 6) is 0. The van der Waals surface area contributed by atoms with Crippen LogP contribution in [-0.4, -0.2) is 64.5 Å². The minimum absolute atomic E-state index is 0.387. The van der Waals surface area contributed by atoms with Gasteiger partial charge in [-0.05, 0) is 45.5 Å². The summed E-state index contributed by atoms with van der Waals surface area (Å²) in [5.41, 5.74) is 1.87. The smallest absolute Gasteiger partial charge is 0.240 e. The van der Waals surface area contributed by atoms with Crippen molar-refractivity contribution < 1.29 is 8.42 Å². The van der Waals surface area contributed by atoms with Crippen LogP contribution in [0.2, 0.25) is 0 Å². The highest BCUT2D eigenvalue weighted by molar-refractivity contribution is 7.89. The molecule has 124 valence electrons. The summed E-state index contributed by atoms with van der Waals surface area (Å²) in [5, 5.41) is 0. The minimum Gasteiger partial charge on any atom is -0.304 e. The summed E-state index contributed by atoms with van der Waals surface area (Å²) in [6, 6.07) is 5.43. The third-order valence-electron chi connectivity index (χ3n) is 4.16. The molecule has 1 aromatic rings. The van der Waals surface area contributed by atoms with E-state index in [4.69, 9.17) is 0 Å². The second-order valence-corrected chi connectivity index (χ2v) is 7.90. The monoisotopic (exact) mass is 325 g/mol. The molecule has 1 heterocycles. The maximum absolute atomic E-state index is 12.3. The lowest BCUT2D eigenvalue weighted by atomic mass is 10.2. The van der Waals surface area contributed by atoms with Gasteiger partial charge in [-0.2, -0.15) is 0 Å². The van der Waals surface area contributed by atoms with E-state index in [0.717, 1.165) is 50.3 Å². The summed E-state index contributed by atoms with van der Waals surface area (Å²) in [7, 11) is -1.26. The molecule has 0 atom stereocenters. The van der Waals surface area contributed by atoms with Gasteiger partial charge in [-0.3, -0.25) is 0 Å². The highest BCUT2D eigenvalue weighted by Crippen LogP contribution is 2.16. The number of piperazine rings is 1. The number of benzene rings is 1. The third kappa shape index (κ3) is 4.78. The van der Waals surface area contributed by atoms with Crippen molar-refractivity contribution in [1.29, 1.82) is 0 Å². The molecule has 0 saturated carbocycles. The Balaban J connectivity index is 1.80. The van der Waals surface area contributed by atoms with E-state index >= 15 is 0 Å². The summed E-state index contributed by atoms with van der Waals surface area (Å²) in [6.45, 7) is 9.56. The number of hydrogen-bond acceptors (Lipinski definition) is 4. The first-order valence-electron chi connectivity index (χ1n) is 7.86. The van der Waals surface area contributed by atoms with Crippen LogP contribution in [0, 0.1) is 13.8 Å². The lowest BCUT2D eigenvalue weighted by Gasteiger charge is -2.32. The number of hydrogen-bond donors (Lipinski definition) is 1. The lowest BCUT2D eigenvalue weighted by molar-refractivity contribution is 0.153. The van der Waals surface area contributed by atoms with Crippen LogP contribution >= 0.6 is 0 Å². The van der Waals surface area contributed by atoms with Gasteiger partial charge in [-0.1, -0.05) is 17.7 Å². The first-order chi connectivity index (χ1) is 10.4. The Bertz CT molecular complexity index is 593. The Labute approximate surface area is 134 Å². The zero-order valence-corrected chi connectivity index (χ0v) is 14.6. The largest absolute Gasteiger partial charge is 0.304 e. The third-order valence-corrected chi connectivity index (χ3v) is 5.78. The van der Waals surface area contributed by atoms with Crippen LogP contribution in [-0.2, 0) is 10.0 Å². The van der Waals surface area contributed by atoms with E-state index in [-0.39, 0.29) is 0 Å². The van der Waals surface area contributed by atoms with Gasteiger partial charge >= 0.3 is 0 Å². The number of nitrogens with one attached hydrogen (secondary N) is 1. The molecule has 0 amide bonds. The van der Waals surface area contributed by atoms with E-state index in [9.17, 15) is 8.42 Å². The molecule has 0 unspecified atom stereocenters. The maximum Gasteiger partial charge on any atom is 0.240 e. The highest BCUT2D eigenvalue weighted by atomic mass is 32.2. The van der Waals surface area contributed by atoms with E-state index in [2.05, 4.69) is 21.6 Å². The molecular weight excluding hydrogens is 298 g/mol. The molecule has 1 saturated heterocycles. The SMILES string of the molecule is Cc1ccc(S(=O)(=O)NCCCN2CCN(C)CC2)c(C)c1. The Hall–Kier alpha value is -0.950. The molecule has 0 spiro atoms. The molecular formula is C16H27N3O2S. The van der Waals surface area contributed by atoms with Gasteiger partial charge in [-0.25, -0.2) is 13.1 Å². The minimum atomic E-state index is -3.40. The Morgan fingerprint density at radius 2 is 1.82 bits per heavy atom. The van der Waals surface area contributed by atoms with Crippen LogP contribution in [0.1, 0.15) is 17.5 Å². The van der Waals surface area contributed by atoms with Gasteiger partial charge in [0.15, 0.2) is 0 Å². The molecule has 1 fully saturated rings. The average molecular weight is 325 g/mol. The van der Waals surface area contributed by atoms with Gasteiger partial charge in [-0.15, -0.1) is 0 Å². The van der Waals surface area contributed by atoms with Crippen molar-refractivity contribution in [3.8, 4) is 0 Å². The lowest BCUT2D eigenvalue weighted by Crippen LogP contribution is -2.45. The van der Waals surface area contributed by atoms with Crippen molar-refractivity contribution in [3.05, 3.63) is 29.3 Å². The van der Waals surface area contributed by atoms with Crippen LogP contribution in [0.3, 0.4) is 0 Å². The summed E-state index contributed by atoms with van der Waals surface area (Å²) in [6.07, 6.45) is 0.841. The highest BCUT2D eigenvalue weighted by Gasteiger charge is 2.17. The summed E-state index contributed by atoms with van der Waals surface area (Å²) < 4.78 is 27.4. The average Bonchev–Trinajstić information content (AvgIpc) is 2.45. The van der Waals surface area contributed by atoms with Crippen LogP contribution in [0.4, 0.5) is 0 Å². The van der Waals surface area contributed by atoms with E-state index in [1.54, 1.807) is 6.07 Å². The number of rotatable bonds is 6. The van der Waals surface area contributed by atoms with Gasteiger partial charge in [0, 0.05) is 32.7 Å². The topological polar surface area (TPSA) is 52.7 Å². The van der Waals surface area contributed by atoms with Gasteiger partial charge in [0.05, 0.1) is 4.90 Å². The zero-order chi connectivity index (χ0) is 16.2. The molecule has 5 nitrogen and oxygen atoms in total. The van der Waals surface area contributed by atoms with Crippen LogP contribution in [0.25, 0.3) is 0 Å². The van der Waals surface area contributed by atoms with E-state index < -0.39 is 10.0 Å². The molecule has 1 aromatic carbocycles. The molecule has 22 heavy (non-hydrogen) atoms. The first kappa shape index (κ1) is 17.4. The Kier molecular flexibility index (Phi) is 5.97. The molecule has 0 aliphatic carbocycles. The molecule has 6 heteroatoms. The molecule has 1 aliphatic rings. The molecule has 1 N–H and O–H groups in total. The fourth-order valence-corrected chi connectivity index (χ4v) is 4.06. The van der Waals surface area contributed by atoms with Crippen molar-refractivity contribution in [3.63, 3.8) is 0 Å². The fraction of sp³-hybridized carbons (Fsp3) is 0.625. The molecule has 0 bridgehead atoms. The second-order valence-electron chi connectivity index (χ2n) is 6.17. The van der Waals surface area contributed by atoms with Crippen molar-refractivity contribution >= 4 is 10.0 Å². The van der Waals surface area contributed by atoms with Gasteiger partial charge in [0.1, 0.15) is 0 Å². The number of sulfonamides is 1. The number of aryl methyl sites for hydroxylation is 2. The first-order valence-corrected chi connectivity index (χ1v) is 9.34. The van der Waals surface area contributed by atoms with Gasteiger partial charge in [0.2, 0.25) is 10.0 Å². The summed E-state index contributed by atoms with van der Waals surface area (Å²) in [4.78, 5) is 5.10. The van der Waals surface area contributed by atoms with E-state index in [1.807, 2.05) is 26.0 Å². The predicted molar refractivity (Wildman–Crippen MR) is 89.7 cm³/mol. The fourth-order valence-electron chi connectivity index (χ4n) is 2.76. The Morgan fingerprint density at radius 1 is 1.14 bits per heavy atom. The quantitative estimate of drug-likeness (QED) is 0.799. The second kappa shape index (κ2) is 7.55. The van der Waals surface area contributed by atoms with Crippen LogP contribution in [0.15, 0.2) is 23.1 Å². The van der Waals surface area contributed by atoms with E-state index in [1.165, 1.54) is 0 Å². The normalized spacial score (nSPS) is 17.8. The number of likely N-dealkylation sites (N-methyl/N-ethyl adjacent to an activating group) is 1. The zero-order valence-electron chi connectivity index (χ0n) is 13.8. The van der Waals surface area contributed by atoms with E-state index in [0.29, 0.717) is 11.4 Å².